The number of rotatable bonds is 6. The highest BCUT2D eigenvalue weighted by molar-refractivity contribution is 5.82. The van der Waals surface area contributed by atoms with Gasteiger partial charge in [0.15, 0.2) is 0 Å². The molecule has 1 amide bonds. The number of hydrogen-bond acceptors (Lipinski definition) is 3. The van der Waals surface area contributed by atoms with Crippen LogP contribution in [0.1, 0.15) is 30.7 Å². The average molecular weight is 421 g/mol. The second kappa shape index (κ2) is 7.66. The number of carbonyl (C=O) groups is 1. The fourth-order valence-electron chi connectivity index (χ4n) is 3.36. The summed E-state index contributed by atoms with van der Waals surface area (Å²) in [5.74, 6) is -0.225. The normalized spacial score (nSPS) is 19.5. The van der Waals surface area contributed by atoms with Gasteiger partial charge in [-0.1, -0.05) is 6.07 Å². The van der Waals surface area contributed by atoms with Crippen molar-refractivity contribution in [3.05, 3.63) is 65.7 Å². The first kappa shape index (κ1) is 20.3. The van der Waals surface area contributed by atoms with E-state index >= 15 is 0 Å². The van der Waals surface area contributed by atoms with Gasteiger partial charge in [0.05, 0.1) is 18.2 Å². The number of alkyl halides is 3. The van der Waals surface area contributed by atoms with Crippen molar-refractivity contribution in [2.45, 2.75) is 25.6 Å². The van der Waals surface area contributed by atoms with Gasteiger partial charge in [0.25, 0.3) is 0 Å². The molecule has 158 valence electrons. The maximum atomic E-state index is 13.3. The summed E-state index contributed by atoms with van der Waals surface area (Å²) in [7, 11) is 0. The fraction of sp³-hybridized carbons (Fsp3) is 0.318. The van der Waals surface area contributed by atoms with Crippen molar-refractivity contribution in [1.82, 2.24) is 5.32 Å². The van der Waals surface area contributed by atoms with Crippen molar-refractivity contribution in [2.75, 3.05) is 6.61 Å². The van der Waals surface area contributed by atoms with E-state index in [1.807, 2.05) is 0 Å². The van der Waals surface area contributed by atoms with Gasteiger partial charge in [-0.3, -0.25) is 4.79 Å². The molecule has 0 spiro atoms. The Hall–Kier alpha value is -3.03. The fourth-order valence-corrected chi connectivity index (χ4v) is 3.36. The molecule has 0 unspecified atom stereocenters. The lowest BCUT2D eigenvalue weighted by atomic mass is 10.2. The monoisotopic (exact) mass is 421 g/mol. The second-order valence-corrected chi connectivity index (χ2v) is 7.50. The van der Waals surface area contributed by atoms with Gasteiger partial charge >= 0.3 is 6.18 Å². The molecule has 1 saturated carbocycles. The van der Waals surface area contributed by atoms with Gasteiger partial charge < -0.3 is 14.5 Å². The summed E-state index contributed by atoms with van der Waals surface area (Å²) < 4.78 is 62.7. The number of benzene rings is 2. The van der Waals surface area contributed by atoms with Crippen LogP contribution in [0.15, 0.2) is 52.9 Å². The standard InChI is InChI=1S/C22H19F4NO3/c1-12(20-9-13-7-16(23)5-6-19(13)30-20)27-21(28)18-8-14(18)11-29-17-4-2-3-15(10-17)22(24,25)26/h2-7,9-10,12,14,18H,8,11H2,1H3,(H,27,28)/t12-,14-,18+/m1/s1. The van der Waals surface area contributed by atoms with Crippen LogP contribution in [0.25, 0.3) is 11.0 Å². The number of carbonyl (C=O) groups excluding carboxylic acids is 1. The molecule has 4 nitrogen and oxygen atoms in total. The molecular weight excluding hydrogens is 402 g/mol. The van der Waals surface area contributed by atoms with Crippen molar-refractivity contribution < 1.29 is 31.5 Å². The molecular formula is C22H19F4NO3. The van der Waals surface area contributed by atoms with E-state index in [9.17, 15) is 22.4 Å². The number of furan rings is 1. The third-order valence-corrected chi connectivity index (χ3v) is 5.17. The van der Waals surface area contributed by atoms with Gasteiger partial charge in [-0.05, 0) is 55.8 Å². The Morgan fingerprint density at radius 2 is 2.03 bits per heavy atom. The summed E-state index contributed by atoms with van der Waals surface area (Å²) in [4.78, 5) is 12.4. The van der Waals surface area contributed by atoms with Gasteiger partial charge in [-0.2, -0.15) is 13.2 Å². The molecule has 1 aliphatic carbocycles. The molecule has 0 radical (unpaired) electrons. The molecule has 1 fully saturated rings. The molecule has 2 aromatic carbocycles. The predicted octanol–water partition coefficient (Wildman–Crippen LogP) is 5.48. The summed E-state index contributed by atoms with van der Waals surface area (Å²) >= 11 is 0. The maximum absolute atomic E-state index is 13.3. The highest BCUT2D eigenvalue weighted by Crippen LogP contribution is 2.40. The first-order valence-electron chi connectivity index (χ1n) is 9.50. The Labute approximate surface area is 169 Å². The van der Waals surface area contributed by atoms with E-state index in [0.717, 1.165) is 12.1 Å². The Morgan fingerprint density at radius 3 is 2.80 bits per heavy atom. The van der Waals surface area contributed by atoms with Gasteiger partial charge in [0, 0.05) is 17.2 Å². The summed E-state index contributed by atoms with van der Waals surface area (Å²) in [6.07, 6.45) is -3.83. The lowest BCUT2D eigenvalue weighted by Crippen LogP contribution is -2.28. The Morgan fingerprint density at radius 1 is 1.23 bits per heavy atom. The third-order valence-electron chi connectivity index (χ3n) is 5.17. The van der Waals surface area contributed by atoms with Crippen LogP contribution in [0.3, 0.4) is 0 Å². The smallest absolute Gasteiger partial charge is 0.416 e. The summed E-state index contributed by atoms with van der Waals surface area (Å²) in [6, 6.07) is 10.2. The van der Waals surface area contributed by atoms with Crippen LogP contribution >= 0.6 is 0 Å². The minimum absolute atomic E-state index is 0.0588. The third kappa shape index (κ3) is 4.42. The van der Waals surface area contributed by atoms with Crippen molar-refractivity contribution in [3.63, 3.8) is 0 Å². The Kier molecular flexibility index (Phi) is 5.17. The highest BCUT2D eigenvalue weighted by Gasteiger charge is 2.44. The average Bonchev–Trinajstić information content (AvgIpc) is 3.35. The Bertz CT molecular complexity index is 1080. The lowest BCUT2D eigenvalue weighted by molar-refractivity contribution is -0.137. The van der Waals surface area contributed by atoms with Crippen LogP contribution < -0.4 is 10.1 Å². The van der Waals surface area contributed by atoms with Crippen LogP contribution in [0.5, 0.6) is 5.75 Å². The predicted molar refractivity (Wildman–Crippen MR) is 101 cm³/mol. The van der Waals surface area contributed by atoms with Crippen LogP contribution in [-0.4, -0.2) is 12.5 Å². The van der Waals surface area contributed by atoms with Crippen molar-refractivity contribution in [1.29, 1.82) is 0 Å². The number of amides is 1. The van der Waals surface area contributed by atoms with Gasteiger partial charge in [-0.15, -0.1) is 0 Å². The van der Waals surface area contributed by atoms with E-state index in [4.69, 9.17) is 9.15 Å². The second-order valence-electron chi connectivity index (χ2n) is 7.50. The molecule has 0 aliphatic heterocycles. The molecule has 0 bridgehead atoms. The largest absolute Gasteiger partial charge is 0.493 e. The minimum Gasteiger partial charge on any atom is -0.493 e. The van der Waals surface area contributed by atoms with E-state index in [1.165, 1.54) is 30.3 Å². The zero-order chi connectivity index (χ0) is 21.5. The van der Waals surface area contributed by atoms with Crippen molar-refractivity contribution in [2.24, 2.45) is 11.8 Å². The molecule has 8 heteroatoms. The molecule has 30 heavy (non-hydrogen) atoms. The van der Waals surface area contributed by atoms with Crippen molar-refractivity contribution >= 4 is 16.9 Å². The van der Waals surface area contributed by atoms with Crippen LogP contribution in [0.4, 0.5) is 17.6 Å². The van der Waals surface area contributed by atoms with E-state index in [2.05, 4.69) is 5.32 Å². The summed E-state index contributed by atoms with van der Waals surface area (Å²) in [5, 5.41) is 3.48. The first-order chi connectivity index (χ1) is 14.2. The molecule has 1 heterocycles. The van der Waals surface area contributed by atoms with Gasteiger partial charge in [0.2, 0.25) is 5.91 Å². The first-order valence-corrected chi connectivity index (χ1v) is 9.50. The number of ether oxygens (including phenoxy) is 1. The van der Waals surface area contributed by atoms with Crippen LogP contribution in [-0.2, 0) is 11.0 Å². The van der Waals surface area contributed by atoms with E-state index in [-0.39, 0.29) is 35.9 Å². The van der Waals surface area contributed by atoms with Gasteiger partial charge in [0.1, 0.15) is 22.9 Å². The summed E-state index contributed by atoms with van der Waals surface area (Å²) in [6.45, 7) is 1.93. The zero-order valence-corrected chi connectivity index (χ0v) is 16.0. The van der Waals surface area contributed by atoms with E-state index < -0.39 is 17.8 Å². The molecule has 4 rings (SSSR count). The number of fused-ring (bicyclic) bond motifs is 1. The molecule has 0 saturated heterocycles. The minimum atomic E-state index is -4.43. The number of halogens is 4. The molecule has 1 N–H and O–H groups in total. The number of hydrogen-bond donors (Lipinski definition) is 1. The Balaban J connectivity index is 1.30. The zero-order valence-electron chi connectivity index (χ0n) is 16.0. The molecule has 1 aliphatic rings. The van der Waals surface area contributed by atoms with E-state index in [0.29, 0.717) is 23.2 Å². The molecule has 1 aromatic heterocycles. The van der Waals surface area contributed by atoms with Crippen LogP contribution in [0, 0.1) is 17.7 Å². The van der Waals surface area contributed by atoms with Crippen LogP contribution in [0.2, 0.25) is 0 Å². The molecule has 3 aromatic rings. The highest BCUT2D eigenvalue weighted by atomic mass is 19.4. The number of nitrogens with one attached hydrogen (secondary N) is 1. The lowest BCUT2D eigenvalue weighted by Gasteiger charge is -2.12. The topological polar surface area (TPSA) is 51.5 Å². The quantitative estimate of drug-likeness (QED) is 0.536. The maximum Gasteiger partial charge on any atom is 0.416 e. The molecule has 3 atom stereocenters. The SMILES string of the molecule is C[C@@H](NC(=O)[C@H]1C[C@@H]1COc1cccc(C(F)(F)F)c1)c1cc2cc(F)ccc2o1. The van der Waals surface area contributed by atoms with Crippen molar-refractivity contribution in [3.8, 4) is 5.75 Å². The summed E-state index contributed by atoms with van der Waals surface area (Å²) in [5.41, 5.74) is -0.240. The van der Waals surface area contributed by atoms with E-state index in [1.54, 1.807) is 13.0 Å². The van der Waals surface area contributed by atoms with Gasteiger partial charge in [-0.25, -0.2) is 4.39 Å².